The highest BCUT2D eigenvalue weighted by atomic mass is 16.6. The molecule has 1 amide bonds. The molecular formula is C17H23N7O4. The molecule has 0 spiro atoms. The van der Waals surface area contributed by atoms with Gasteiger partial charge in [0.2, 0.25) is 0 Å². The van der Waals surface area contributed by atoms with Gasteiger partial charge in [0.25, 0.3) is 5.95 Å². The first kappa shape index (κ1) is 20.9. The normalized spacial score (nSPS) is 12.1. The lowest BCUT2D eigenvalue weighted by Gasteiger charge is -2.21. The maximum atomic E-state index is 11.8. The van der Waals surface area contributed by atoms with E-state index in [0.717, 1.165) is 5.56 Å². The molecule has 0 aromatic carbocycles. The topological polar surface area (TPSA) is 152 Å². The second-order valence-corrected chi connectivity index (χ2v) is 7.02. The molecule has 2 aromatic heterocycles. The Hall–Kier alpha value is -3.37. The van der Waals surface area contributed by atoms with Crippen LogP contribution in [0, 0.1) is 6.92 Å². The van der Waals surface area contributed by atoms with Crippen molar-refractivity contribution in [1.82, 2.24) is 30.7 Å². The van der Waals surface area contributed by atoms with Gasteiger partial charge in [0.05, 0.1) is 0 Å². The average molecular weight is 389 g/mol. The van der Waals surface area contributed by atoms with Gasteiger partial charge in [-0.25, -0.2) is 9.59 Å². The molecule has 0 saturated heterocycles. The van der Waals surface area contributed by atoms with E-state index in [4.69, 9.17) is 4.74 Å². The zero-order chi connectivity index (χ0) is 20.7. The first-order valence-electron chi connectivity index (χ1n) is 8.56. The Morgan fingerprint density at radius 2 is 1.86 bits per heavy atom. The van der Waals surface area contributed by atoms with Crippen LogP contribution >= 0.6 is 0 Å². The molecule has 0 aliphatic rings. The van der Waals surface area contributed by atoms with Crippen LogP contribution in [0.25, 0.3) is 0 Å². The average Bonchev–Trinajstić information content (AvgIpc) is 2.60. The lowest BCUT2D eigenvalue weighted by molar-refractivity contribution is -0.139. The van der Waals surface area contributed by atoms with Crippen molar-refractivity contribution >= 4 is 18.0 Å². The Kier molecular flexibility index (Phi) is 6.74. The third-order valence-electron chi connectivity index (χ3n) is 3.32. The molecule has 1 atom stereocenters. The van der Waals surface area contributed by atoms with Crippen molar-refractivity contribution in [3.05, 3.63) is 35.4 Å². The highest BCUT2D eigenvalue weighted by Gasteiger charge is 2.24. The van der Waals surface area contributed by atoms with Gasteiger partial charge in [0, 0.05) is 24.9 Å². The number of ether oxygens (including phenoxy) is 1. The lowest BCUT2D eigenvalue weighted by atomic mass is 10.1. The minimum atomic E-state index is -1.17. The largest absolute Gasteiger partial charge is 0.480 e. The molecule has 0 bridgehead atoms. The number of carbonyl (C=O) groups excluding carboxylic acids is 1. The molecule has 0 radical (unpaired) electrons. The van der Waals surface area contributed by atoms with Crippen molar-refractivity contribution in [3.8, 4) is 0 Å². The number of carboxylic acid groups (broad SMARTS) is 1. The molecular weight excluding hydrogens is 366 g/mol. The number of aromatic nitrogens is 5. The number of carboxylic acids is 1. The van der Waals surface area contributed by atoms with E-state index in [1.54, 1.807) is 46.0 Å². The predicted octanol–water partition coefficient (Wildman–Crippen LogP) is 1.10. The van der Waals surface area contributed by atoms with E-state index in [1.807, 2.05) is 0 Å². The number of hydrogen-bond acceptors (Lipinski definition) is 9. The third kappa shape index (κ3) is 7.09. The quantitative estimate of drug-likeness (QED) is 0.627. The first-order valence-corrected chi connectivity index (χ1v) is 8.56. The number of alkyl carbamates (subject to hydrolysis) is 1. The molecule has 0 unspecified atom stereocenters. The summed E-state index contributed by atoms with van der Waals surface area (Å²) < 4.78 is 5.09. The fraction of sp³-hybridized carbons (Fsp3) is 0.471. The minimum absolute atomic E-state index is 0.0250. The van der Waals surface area contributed by atoms with E-state index in [-0.39, 0.29) is 6.42 Å². The number of nitrogens with one attached hydrogen (secondary N) is 2. The molecule has 2 rings (SSSR count). The van der Waals surface area contributed by atoms with Crippen molar-refractivity contribution in [2.45, 2.75) is 52.3 Å². The summed E-state index contributed by atoms with van der Waals surface area (Å²) >= 11 is 0. The fourth-order valence-corrected chi connectivity index (χ4v) is 2.07. The Morgan fingerprint density at radius 1 is 1.18 bits per heavy atom. The van der Waals surface area contributed by atoms with Crippen LogP contribution in [0.4, 0.5) is 10.7 Å². The number of nitrogens with zero attached hydrogens (tertiary/aromatic N) is 5. The Labute approximate surface area is 162 Å². The number of amides is 1. The summed E-state index contributed by atoms with van der Waals surface area (Å²) in [6, 6.07) is 2.33. The second kappa shape index (κ2) is 9.02. The van der Waals surface area contributed by atoms with Gasteiger partial charge in [0.15, 0.2) is 5.82 Å². The number of aliphatic carboxylic acids is 1. The third-order valence-corrected chi connectivity index (χ3v) is 3.32. The van der Waals surface area contributed by atoms with Crippen LogP contribution < -0.4 is 10.6 Å². The summed E-state index contributed by atoms with van der Waals surface area (Å²) in [5, 5.41) is 29.9. The number of rotatable bonds is 7. The summed E-state index contributed by atoms with van der Waals surface area (Å²) in [5.74, 6) is -0.401. The molecule has 3 N–H and O–H groups in total. The molecule has 0 aliphatic heterocycles. The van der Waals surface area contributed by atoms with Gasteiger partial charge in [-0.3, -0.25) is 4.98 Å². The van der Waals surface area contributed by atoms with Crippen LogP contribution in [0.3, 0.4) is 0 Å². The molecule has 11 nitrogen and oxygen atoms in total. The molecule has 0 saturated carbocycles. The zero-order valence-corrected chi connectivity index (χ0v) is 16.1. The SMILES string of the molecule is Cc1nnc(NCc2ccc(C[C@H](NC(=O)OC(C)(C)C)C(=O)O)nc2)nn1. The predicted molar refractivity (Wildman–Crippen MR) is 98.4 cm³/mol. The number of aryl methyl sites for hydroxylation is 1. The molecule has 2 aromatic rings. The fourth-order valence-electron chi connectivity index (χ4n) is 2.07. The Balaban J connectivity index is 1.92. The highest BCUT2D eigenvalue weighted by Crippen LogP contribution is 2.09. The summed E-state index contributed by atoms with van der Waals surface area (Å²) in [4.78, 5) is 27.5. The van der Waals surface area contributed by atoms with Gasteiger partial charge in [-0.1, -0.05) is 6.07 Å². The van der Waals surface area contributed by atoms with Gasteiger partial charge in [0.1, 0.15) is 11.6 Å². The second-order valence-electron chi connectivity index (χ2n) is 7.02. The lowest BCUT2D eigenvalue weighted by Crippen LogP contribution is -2.44. The summed E-state index contributed by atoms with van der Waals surface area (Å²) in [5.41, 5.74) is 0.633. The maximum absolute atomic E-state index is 11.8. The van der Waals surface area contributed by atoms with E-state index in [2.05, 4.69) is 36.0 Å². The van der Waals surface area contributed by atoms with E-state index >= 15 is 0 Å². The monoisotopic (exact) mass is 389 g/mol. The van der Waals surface area contributed by atoms with Crippen LogP contribution in [-0.4, -0.2) is 54.2 Å². The van der Waals surface area contributed by atoms with Gasteiger partial charge >= 0.3 is 12.1 Å². The number of pyridine rings is 1. The van der Waals surface area contributed by atoms with E-state index < -0.39 is 23.7 Å². The van der Waals surface area contributed by atoms with E-state index in [9.17, 15) is 14.7 Å². The summed E-state index contributed by atoms with van der Waals surface area (Å²) in [6.07, 6.45) is 0.835. The van der Waals surface area contributed by atoms with Crippen molar-refractivity contribution in [3.63, 3.8) is 0 Å². The van der Waals surface area contributed by atoms with Crippen molar-refractivity contribution in [1.29, 1.82) is 0 Å². The Morgan fingerprint density at radius 3 is 2.39 bits per heavy atom. The van der Waals surface area contributed by atoms with Crippen LogP contribution in [0.5, 0.6) is 0 Å². The molecule has 150 valence electrons. The molecule has 0 fully saturated rings. The molecule has 11 heteroatoms. The van der Waals surface area contributed by atoms with Gasteiger partial charge in [-0.15, -0.1) is 20.4 Å². The van der Waals surface area contributed by atoms with Gasteiger partial charge in [-0.2, -0.15) is 0 Å². The molecule has 2 heterocycles. The molecule has 28 heavy (non-hydrogen) atoms. The van der Waals surface area contributed by atoms with Gasteiger partial charge in [-0.05, 0) is 39.3 Å². The van der Waals surface area contributed by atoms with Crippen molar-refractivity contribution < 1.29 is 19.4 Å². The van der Waals surface area contributed by atoms with Crippen LogP contribution in [0.1, 0.15) is 37.9 Å². The molecule has 0 aliphatic carbocycles. The maximum Gasteiger partial charge on any atom is 0.408 e. The first-order chi connectivity index (χ1) is 13.1. The standard InChI is InChI=1S/C17H23N7O4/c1-10-21-23-15(24-22-10)19-9-11-5-6-12(18-8-11)7-13(14(25)26)20-16(27)28-17(2,3)4/h5-6,8,13H,7,9H2,1-4H3,(H,20,27)(H,25,26)(H,19,23,24)/t13-/m0/s1. The summed E-state index contributed by atoms with van der Waals surface area (Å²) in [7, 11) is 0. The Bertz CT molecular complexity index is 804. The smallest absolute Gasteiger partial charge is 0.408 e. The number of hydrogen-bond donors (Lipinski definition) is 3. The van der Waals surface area contributed by atoms with E-state index in [1.165, 1.54) is 0 Å². The van der Waals surface area contributed by atoms with Crippen LogP contribution in [0.2, 0.25) is 0 Å². The zero-order valence-electron chi connectivity index (χ0n) is 16.1. The van der Waals surface area contributed by atoms with Gasteiger partial charge < -0.3 is 20.5 Å². The van der Waals surface area contributed by atoms with Crippen LogP contribution in [-0.2, 0) is 22.5 Å². The van der Waals surface area contributed by atoms with Crippen LogP contribution in [0.15, 0.2) is 18.3 Å². The minimum Gasteiger partial charge on any atom is -0.480 e. The van der Waals surface area contributed by atoms with Crippen molar-refractivity contribution in [2.75, 3.05) is 5.32 Å². The van der Waals surface area contributed by atoms with E-state index in [0.29, 0.717) is 24.0 Å². The highest BCUT2D eigenvalue weighted by molar-refractivity contribution is 5.80. The number of carbonyl (C=O) groups is 2. The summed E-state index contributed by atoms with van der Waals surface area (Å²) in [6.45, 7) is 7.19. The van der Waals surface area contributed by atoms with Crippen molar-refractivity contribution in [2.24, 2.45) is 0 Å². The number of anilines is 1.